The summed E-state index contributed by atoms with van der Waals surface area (Å²) in [5, 5.41) is 0. The molecule has 1 amide bonds. The third kappa shape index (κ3) is 3.04. The van der Waals surface area contributed by atoms with Crippen LogP contribution in [0.5, 0.6) is 5.75 Å². The van der Waals surface area contributed by atoms with Crippen molar-refractivity contribution in [2.45, 2.75) is 12.5 Å². The Morgan fingerprint density at radius 1 is 1.37 bits per heavy atom. The van der Waals surface area contributed by atoms with E-state index in [0.717, 1.165) is 17.7 Å². The van der Waals surface area contributed by atoms with Gasteiger partial charge in [-0.2, -0.15) is 0 Å². The zero-order valence-electron chi connectivity index (χ0n) is 10.8. The van der Waals surface area contributed by atoms with E-state index >= 15 is 0 Å². The summed E-state index contributed by atoms with van der Waals surface area (Å²) in [5.74, 6) is 0.603. The number of nitrogens with zero attached hydrogens (tertiary/aromatic N) is 1. The Hall–Kier alpha value is -1.63. The smallest absolute Gasteiger partial charge is 0.265 e. The average Bonchev–Trinajstić information content (AvgIpc) is 2.42. The molecule has 0 bridgehead atoms. The maximum absolute atomic E-state index is 12.0. The molecule has 2 rings (SSSR count). The minimum absolute atomic E-state index is 0.0422. The molecular formula is C13H20N4O2. The molecule has 0 aliphatic carbocycles. The molecule has 1 aromatic carbocycles. The van der Waals surface area contributed by atoms with Crippen molar-refractivity contribution in [1.29, 1.82) is 0 Å². The molecule has 1 aromatic rings. The lowest BCUT2D eigenvalue weighted by atomic mass is 10.1. The number of amides is 1. The molecule has 0 radical (unpaired) electrons. The topological polar surface area (TPSA) is 108 Å². The molecule has 0 saturated heterocycles. The number of fused-ring (bicyclic) bond motifs is 1. The Kier molecular flexibility index (Phi) is 4.36. The fourth-order valence-corrected chi connectivity index (χ4v) is 2.08. The molecule has 0 fully saturated rings. The summed E-state index contributed by atoms with van der Waals surface area (Å²) >= 11 is 0. The van der Waals surface area contributed by atoms with Crippen molar-refractivity contribution in [2.24, 2.45) is 17.2 Å². The fraction of sp³-hybridized carbons (Fsp3) is 0.462. The molecule has 1 atom stereocenters. The van der Waals surface area contributed by atoms with Crippen LogP contribution in [0.1, 0.15) is 5.56 Å². The Balaban J connectivity index is 2.30. The van der Waals surface area contributed by atoms with Gasteiger partial charge in [0.25, 0.3) is 5.91 Å². The molecule has 1 unspecified atom stereocenters. The van der Waals surface area contributed by atoms with Gasteiger partial charge in [0.05, 0.1) is 5.69 Å². The molecule has 19 heavy (non-hydrogen) atoms. The first-order valence-electron chi connectivity index (χ1n) is 6.37. The van der Waals surface area contributed by atoms with Gasteiger partial charge in [-0.05, 0) is 30.7 Å². The SMILES string of the molecule is NCCc1ccc2c(c1)N(CC(N)CN)C(=O)CO2. The lowest BCUT2D eigenvalue weighted by molar-refractivity contribution is -0.121. The van der Waals surface area contributed by atoms with Gasteiger partial charge < -0.3 is 26.8 Å². The Labute approximate surface area is 112 Å². The van der Waals surface area contributed by atoms with E-state index in [0.29, 0.717) is 25.4 Å². The quantitative estimate of drug-likeness (QED) is 0.645. The number of rotatable bonds is 5. The molecule has 6 heteroatoms. The number of hydrogen-bond acceptors (Lipinski definition) is 5. The van der Waals surface area contributed by atoms with Crippen LogP contribution in [0.4, 0.5) is 5.69 Å². The van der Waals surface area contributed by atoms with Crippen LogP contribution in [0.3, 0.4) is 0 Å². The van der Waals surface area contributed by atoms with Crippen LogP contribution < -0.4 is 26.8 Å². The van der Waals surface area contributed by atoms with Crippen LogP contribution in [0, 0.1) is 0 Å². The zero-order chi connectivity index (χ0) is 13.8. The van der Waals surface area contributed by atoms with Crippen LogP contribution in [0.15, 0.2) is 18.2 Å². The van der Waals surface area contributed by atoms with Crippen molar-refractivity contribution in [3.05, 3.63) is 23.8 Å². The van der Waals surface area contributed by atoms with Crippen LogP contribution in [-0.2, 0) is 11.2 Å². The number of benzene rings is 1. The molecule has 0 spiro atoms. The maximum Gasteiger partial charge on any atom is 0.265 e. The van der Waals surface area contributed by atoms with E-state index in [-0.39, 0.29) is 18.6 Å². The number of ether oxygens (including phenoxy) is 1. The minimum Gasteiger partial charge on any atom is -0.482 e. The predicted molar refractivity (Wildman–Crippen MR) is 74.1 cm³/mol. The Bertz CT molecular complexity index is 464. The van der Waals surface area contributed by atoms with Crippen molar-refractivity contribution < 1.29 is 9.53 Å². The van der Waals surface area contributed by atoms with E-state index < -0.39 is 0 Å². The number of anilines is 1. The minimum atomic E-state index is -0.243. The van der Waals surface area contributed by atoms with Gasteiger partial charge in [-0.15, -0.1) is 0 Å². The van der Waals surface area contributed by atoms with Crippen LogP contribution in [0.2, 0.25) is 0 Å². The zero-order valence-corrected chi connectivity index (χ0v) is 10.8. The summed E-state index contributed by atoms with van der Waals surface area (Å²) in [6, 6.07) is 5.52. The van der Waals surface area contributed by atoms with Gasteiger partial charge in [0.1, 0.15) is 5.75 Å². The van der Waals surface area contributed by atoms with Crippen LogP contribution in [0.25, 0.3) is 0 Å². The molecule has 0 aromatic heterocycles. The predicted octanol–water partition coefficient (Wildman–Crippen LogP) is -0.801. The summed E-state index contributed by atoms with van der Waals surface area (Å²) in [6.07, 6.45) is 0.762. The van der Waals surface area contributed by atoms with Crippen molar-refractivity contribution >= 4 is 11.6 Å². The second kappa shape index (κ2) is 6.01. The van der Waals surface area contributed by atoms with Crippen LogP contribution in [-0.4, -0.2) is 38.2 Å². The lowest BCUT2D eigenvalue weighted by Gasteiger charge is -2.31. The van der Waals surface area contributed by atoms with E-state index in [4.69, 9.17) is 21.9 Å². The molecule has 6 nitrogen and oxygen atoms in total. The maximum atomic E-state index is 12.0. The molecule has 6 N–H and O–H groups in total. The second-order valence-electron chi connectivity index (χ2n) is 4.63. The highest BCUT2D eigenvalue weighted by Gasteiger charge is 2.26. The Morgan fingerprint density at radius 3 is 2.84 bits per heavy atom. The van der Waals surface area contributed by atoms with Gasteiger partial charge in [-0.3, -0.25) is 4.79 Å². The van der Waals surface area contributed by atoms with Gasteiger partial charge >= 0.3 is 0 Å². The van der Waals surface area contributed by atoms with E-state index in [2.05, 4.69) is 0 Å². The van der Waals surface area contributed by atoms with E-state index in [1.165, 1.54) is 0 Å². The van der Waals surface area contributed by atoms with Gasteiger partial charge in [0, 0.05) is 19.1 Å². The third-order valence-electron chi connectivity index (χ3n) is 3.12. The van der Waals surface area contributed by atoms with Crippen LogP contribution >= 0.6 is 0 Å². The lowest BCUT2D eigenvalue weighted by Crippen LogP contribution is -2.48. The largest absolute Gasteiger partial charge is 0.482 e. The molecule has 104 valence electrons. The third-order valence-corrected chi connectivity index (χ3v) is 3.12. The number of carbonyl (C=O) groups excluding carboxylic acids is 1. The van der Waals surface area contributed by atoms with Crippen molar-refractivity contribution in [2.75, 3.05) is 31.1 Å². The highest BCUT2D eigenvalue weighted by molar-refractivity contribution is 5.98. The summed E-state index contributed by atoms with van der Waals surface area (Å²) in [6.45, 7) is 1.34. The monoisotopic (exact) mass is 264 g/mol. The highest BCUT2D eigenvalue weighted by Crippen LogP contribution is 2.33. The van der Waals surface area contributed by atoms with E-state index in [1.807, 2.05) is 18.2 Å². The second-order valence-corrected chi connectivity index (χ2v) is 4.63. The van der Waals surface area contributed by atoms with E-state index in [1.54, 1.807) is 4.90 Å². The molecule has 1 aliphatic rings. The average molecular weight is 264 g/mol. The van der Waals surface area contributed by atoms with Gasteiger partial charge in [0.2, 0.25) is 0 Å². The first-order valence-corrected chi connectivity index (χ1v) is 6.37. The highest BCUT2D eigenvalue weighted by atomic mass is 16.5. The Morgan fingerprint density at radius 2 is 2.16 bits per heavy atom. The number of carbonyl (C=O) groups is 1. The molecular weight excluding hydrogens is 244 g/mol. The van der Waals surface area contributed by atoms with E-state index in [9.17, 15) is 4.79 Å². The van der Waals surface area contributed by atoms with Gasteiger partial charge in [0.15, 0.2) is 6.61 Å². The molecule has 0 saturated carbocycles. The van der Waals surface area contributed by atoms with Gasteiger partial charge in [-0.1, -0.05) is 6.07 Å². The number of nitrogens with two attached hydrogens (primary N) is 3. The number of hydrogen-bond donors (Lipinski definition) is 3. The molecule has 1 aliphatic heterocycles. The molecule has 1 heterocycles. The first kappa shape index (κ1) is 13.8. The van der Waals surface area contributed by atoms with Gasteiger partial charge in [-0.25, -0.2) is 0 Å². The summed E-state index contributed by atoms with van der Waals surface area (Å²) in [7, 11) is 0. The summed E-state index contributed by atoms with van der Waals surface area (Å²) < 4.78 is 5.42. The first-order chi connectivity index (χ1) is 9.15. The van der Waals surface area contributed by atoms with Crippen molar-refractivity contribution in [1.82, 2.24) is 0 Å². The standard InChI is InChI=1S/C13H20N4O2/c14-4-3-9-1-2-12-11(5-9)17(7-10(16)6-15)13(18)8-19-12/h1-2,5,10H,3-4,6-8,14-16H2. The van der Waals surface area contributed by atoms with Crippen molar-refractivity contribution in [3.63, 3.8) is 0 Å². The summed E-state index contributed by atoms with van der Waals surface area (Å²) in [5.41, 5.74) is 18.7. The normalized spacial score (nSPS) is 15.9. The van der Waals surface area contributed by atoms with Crippen molar-refractivity contribution in [3.8, 4) is 5.75 Å². The fourth-order valence-electron chi connectivity index (χ4n) is 2.08. The summed E-state index contributed by atoms with van der Waals surface area (Å²) in [4.78, 5) is 13.6.